The number of amides is 1. The normalized spacial score (nSPS) is 13.4. The maximum Gasteiger partial charge on any atom is 0.244 e. The standard InChI is InChI=1S/C23H29NO2/c1-5-17(3)18-11-13-19(14-12-18)21(6-2)24-23(25)16-15-20-9-7-8-10-22(20)26-4/h7-17,21H,5-6H2,1-4H3,(H,24,25)/b16-15+/t17-,21-/m0/s1. The highest BCUT2D eigenvalue weighted by Crippen LogP contribution is 2.23. The molecule has 0 aliphatic carbocycles. The zero-order chi connectivity index (χ0) is 18.9. The van der Waals surface area contributed by atoms with Crippen LogP contribution in [0.3, 0.4) is 0 Å². The predicted octanol–water partition coefficient (Wildman–Crippen LogP) is 5.49. The number of hydrogen-bond donors (Lipinski definition) is 1. The molecule has 0 aromatic heterocycles. The number of para-hydroxylation sites is 1. The first-order chi connectivity index (χ1) is 12.6. The lowest BCUT2D eigenvalue weighted by Gasteiger charge is -2.18. The number of methoxy groups -OCH3 is 1. The molecule has 0 saturated heterocycles. The quantitative estimate of drug-likeness (QED) is 0.639. The van der Waals surface area contributed by atoms with Crippen molar-refractivity contribution in [2.75, 3.05) is 7.11 Å². The fraction of sp³-hybridized carbons (Fsp3) is 0.348. The van der Waals surface area contributed by atoms with Crippen molar-refractivity contribution in [2.24, 2.45) is 0 Å². The first-order valence-electron chi connectivity index (χ1n) is 9.30. The number of carbonyl (C=O) groups excluding carboxylic acids is 1. The Morgan fingerprint density at radius 2 is 1.69 bits per heavy atom. The fourth-order valence-corrected chi connectivity index (χ4v) is 2.90. The van der Waals surface area contributed by atoms with Crippen LogP contribution < -0.4 is 10.1 Å². The third kappa shape index (κ3) is 5.22. The van der Waals surface area contributed by atoms with Gasteiger partial charge in [-0.2, -0.15) is 0 Å². The summed E-state index contributed by atoms with van der Waals surface area (Å²) in [4.78, 5) is 12.3. The van der Waals surface area contributed by atoms with E-state index in [0.717, 1.165) is 29.7 Å². The van der Waals surface area contributed by atoms with Gasteiger partial charge in [-0.05, 0) is 42.0 Å². The van der Waals surface area contributed by atoms with Crippen molar-refractivity contribution in [1.82, 2.24) is 5.32 Å². The third-order valence-corrected chi connectivity index (χ3v) is 4.80. The summed E-state index contributed by atoms with van der Waals surface area (Å²) in [7, 11) is 1.63. The number of carbonyl (C=O) groups is 1. The van der Waals surface area contributed by atoms with E-state index < -0.39 is 0 Å². The number of benzene rings is 2. The van der Waals surface area contributed by atoms with Crippen molar-refractivity contribution in [2.45, 2.75) is 45.6 Å². The van der Waals surface area contributed by atoms with Crippen LogP contribution in [0, 0.1) is 0 Å². The first-order valence-corrected chi connectivity index (χ1v) is 9.30. The van der Waals surface area contributed by atoms with E-state index >= 15 is 0 Å². The second-order valence-corrected chi connectivity index (χ2v) is 6.52. The molecule has 26 heavy (non-hydrogen) atoms. The van der Waals surface area contributed by atoms with E-state index in [4.69, 9.17) is 4.74 Å². The molecule has 0 radical (unpaired) electrons. The molecule has 0 heterocycles. The highest BCUT2D eigenvalue weighted by molar-refractivity contribution is 5.92. The van der Waals surface area contributed by atoms with E-state index in [0.29, 0.717) is 5.92 Å². The van der Waals surface area contributed by atoms with Gasteiger partial charge in [-0.25, -0.2) is 0 Å². The Kier molecular flexibility index (Phi) is 7.46. The van der Waals surface area contributed by atoms with Crippen LogP contribution in [0.1, 0.15) is 62.3 Å². The molecule has 0 unspecified atom stereocenters. The summed E-state index contributed by atoms with van der Waals surface area (Å²) in [6.07, 6.45) is 5.32. The fourth-order valence-electron chi connectivity index (χ4n) is 2.90. The predicted molar refractivity (Wildman–Crippen MR) is 108 cm³/mol. The molecular formula is C23H29NO2. The van der Waals surface area contributed by atoms with Gasteiger partial charge in [-0.1, -0.05) is 63.2 Å². The summed E-state index contributed by atoms with van der Waals surface area (Å²) in [5.74, 6) is 1.21. The van der Waals surface area contributed by atoms with Crippen LogP contribution in [0.2, 0.25) is 0 Å². The largest absolute Gasteiger partial charge is 0.496 e. The molecule has 0 fully saturated rings. The summed E-state index contributed by atoms with van der Waals surface area (Å²) in [5.41, 5.74) is 3.36. The van der Waals surface area contributed by atoms with Gasteiger partial charge in [0.15, 0.2) is 0 Å². The molecule has 0 bridgehead atoms. The lowest BCUT2D eigenvalue weighted by atomic mass is 9.95. The Morgan fingerprint density at radius 1 is 1.04 bits per heavy atom. The van der Waals surface area contributed by atoms with E-state index in [1.807, 2.05) is 24.3 Å². The minimum absolute atomic E-state index is 0.0100. The van der Waals surface area contributed by atoms with Gasteiger partial charge < -0.3 is 10.1 Å². The van der Waals surface area contributed by atoms with Gasteiger partial charge in [0.2, 0.25) is 5.91 Å². The van der Waals surface area contributed by atoms with E-state index in [1.54, 1.807) is 19.3 Å². The molecule has 2 aromatic carbocycles. The summed E-state index contributed by atoms with van der Waals surface area (Å²) >= 11 is 0. The van der Waals surface area contributed by atoms with E-state index in [1.165, 1.54) is 5.56 Å². The zero-order valence-electron chi connectivity index (χ0n) is 16.2. The second-order valence-electron chi connectivity index (χ2n) is 6.52. The molecule has 3 heteroatoms. The van der Waals surface area contributed by atoms with Crippen molar-refractivity contribution < 1.29 is 9.53 Å². The molecule has 3 nitrogen and oxygen atoms in total. The van der Waals surface area contributed by atoms with Gasteiger partial charge >= 0.3 is 0 Å². The molecule has 2 atom stereocenters. The first kappa shape index (κ1) is 19.8. The van der Waals surface area contributed by atoms with Crippen molar-refractivity contribution in [3.05, 3.63) is 71.3 Å². The SMILES string of the molecule is CC[C@H](NC(=O)/C=C/c1ccccc1OC)c1ccc([C@@H](C)CC)cc1. The molecule has 138 valence electrons. The van der Waals surface area contributed by atoms with Crippen LogP contribution >= 0.6 is 0 Å². The van der Waals surface area contributed by atoms with Crippen LogP contribution in [0.25, 0.3) is 6.08 Å². The van der Waals surface area contributed by atoms with Crippen LogP contribution in [0.15, 0.2) is 54.6 Å². The smallest absolute Gasteiger partial charge is 0.244 e. The van der Waals surface area contributed by atoms with Crippen LogP contribution in [-0.4, -0.2) is 13.0 Å². The van der Waals surface area contributed by atoms with Crippen molar-refractivity contribution >= 4 is 12.0 Å². The van der Waals surface area contributed by atoms with Gasteiger partial charge in [-0.3, -0.25) is 4.79 Å². The summed E-state index contributed by atoms with van der Waals surface area (Å²) in [5, 5.41) is 3.09. The molecule has 0 aliphatic rings. The Hall–Kier alpha value is -2.55. The Balaban J connectivity index is 2.05. The van der Waals surface area contributed by atoms with Gasteiger partial charge in [0.05, 0.1) is 13.2 Å². The third-order valence-electron chi connectivity index (χ3n) is 4.80. The van der Waals surface area contributed by atoms with Crippen molar-refractivity contribution in [3.63, 3.8) is 0 Å². The zero-order valence-corrected chi connectivity index (χ0v) is 16.2. The molecular weight excluding hydrogens is 322 g/mol. The maximum absolute atomic E-state index is 12.3. The number of nitrogens with one attached hydrogen (secondary N) is 1. The Bertz CT molecular complexity index is 734. The summed E-state index contributed by atoms with van der Waals surface area (Å²) in [6.45, 7) is 6.51. The Morgan fingerprint density at radius 3 is 2.31 bits per heavy atom. The van der Waals surface area contributed by atoms with Crippen LogP contribution in [-0.2, 0) is 4.79 Å². The summed E-state index contributed by atoms with van der Waals surface area (Å²) in [6, 6.07) is 16.2. The van der Waals surface area contributed by atoms with Crippen molar-refractivity contribution in [3.8, 4) is 5.75 Å². The van der Waals surface area contributed by atoms with Gasteiger partial charge in [0.1, 0.15) is 5.75 Å². The highest BCUT2D eigenvalue weighted by atomic mass is 16.5. The minimum Gasteiger partial charge on any atom is -0.496 e. The summed E-state index contributed by atoms with van der Waals surface area (Å²) < 4.78 is 5.31. The average Bonchev–Trinajstić information content (AvgIpc) is 2.70. The highest BCUT2D eigenvalue weighted by Gasteiger charge is 2.12. The lowest BCUT2D eigenvalue weighted by molar-refractivity contribution is -0.117. The van der Waals surface area contributed by atoms with E-state index in [2.05, 4.69) is 50.4 Å². The number of rotatable bonds is 8. The molecule has 0 spiro atoms. The lowest BCUT2D eigenvalue weighted by Crippen LogP contribution is -2.26. The number of ether oxygens (including phenoxy) is 1. The van der Waals surface area contributed by atoms with Gasteiger partial charge in [0.25, 0.3) is 0 Å². The minimum atomic E-state index is -0.103. The molecule has 0 saturated carbocycles. The monoisotopic (exact) mass is 351 g/mol. The molecule has 1 amide bonds. The van der Waals surface area contributed by atoms with E-state index in [-0.39, 0.29) is 11.9 Å². The van der Waals surface area contributed by atoms with Crippen molar-refractivity contribution in [1.29, 1.82) is 0 Å². The topological polar surface area (TPSA) is 38.3 Å². The van der Waals surface area contributed by atoms with Gasteiger partial charge in [0, 0.05) is 11.6 Å². The van der Waals surface area contributed by atoms with Gasteiger partial charge in [-0.15, -0.1) is 0 Å². The molecule has 2 rings (SSSR count). The second kappa shape index (κ2) is 9.81. The Labute approximate surface area is 157 Å². The van der Waals surface area contributed by atoms with Crippen LogP contribution in [0.5, 0.6) is 5.75 Å². The molecule has 1 N–H and O–H groups in total. The molecule has 2 aromatic rings. The maximum atomic E-state index is 12.3. The molecule has 0 aliphatic heterocycles. The van der Waals surface area contributed by atoms with Crippen LogP contribution in [0.4, 0.5) is 0 Å². The van der Waals surface area contributed by atoms with E-state index in [9.17, 15) is 4.79 Å². The number of hydrogen-bond acceptors (Lipinski definition) is 2. The average molecular weight is 351 g/mol.